The number of ether oxygens (including phenoxy) is 1. The van der Waals surface area contributed by atoms with E-state index in [4.69, 9.17) is 4.74 Å². The molecule has 0 saturated carbocycles. The Labute approximate surface area is 104 Å². The second kappa shape index (κ2) is 6.06. The number of nitrogens with one attached hydrogen (secondary N) is 1. The largest absolute Gasteiger partial charge is 0.497 e. The van der Waals surface area contributed by atoms with Gasteiger partial charge in [0, 0.05) is 0 Å². The first kappa shape index (κ1) is 12.4. The minimum Gasteiger partial charge on any atom is -0.497 e. The van der Waals surface area contributed by atoms with Crippen LogP contribution in [0.4, 0.5) is 0 Å². The molecular weight excluding hydrogens is 210 g/mol. The Kier molecular flexibility index (Phi) is 4.43. The van der Waals surface area contributed by atoms with Crippen molar-refractivity contribution in [2.24, 2.45) is 5.92 Å². The Morgan fingerprint density at radius 1 is 1.35 bits per heavy atom. The van der Waals surface area contributed by atoms with E-state index in [1.54, 1.807) is 7.11 Å². The van der Waals surface area contributed by atoms with E-state index < -0.39 is 0 Å². The van der Waals surface area contributed by atoms with Crippen molar-refractivity contribution in [3.8, 4) is 5.75 Å². The highest BCUT2D eigenvalue weighted by atomic mass is 16.5. The smallest absolute Gasteiger partial charge is 0.118 e. The lowest BCUT2D eigenvalue weighted by Gasteiger charge is -2.25. The van der Waals surface area contributed by atoms with Crippen LogP contribution < -0.4 is 10.1 Å². The second-order valence-corrected chi connectivity index (χ2v) is 5.12. The highest BCUT2D eigenvalue weighted by Crippen LogP contribution is 2.27. The molecule has 2 unspecified atom stereocenters. The molecule has 2 heteroatoms. The molecule has 0 aromatic heterocycles. The summed E-state index contributed by atoms with van der Waals surface area (Å²) in [7, 11) is 1.71. The number of hydrogen-bond acceptors (Lipinski definition) is 2. The molecule has 17 heavy (non-hydrogen) atoms. The Bertz CT molecular complexity index is 327. The van der Waals surface area contributed by atoms with Crippen molar-refractivity contribution in [2.75, 3.05) is 20.2 Å². The van der Waals surface area contributed by atoms with Gasteiger partial charge in [-0.05, 0) is 61.9 Å². The number of piperidine rings is 1. The van der Waals surface area contributed by atoms with Crippen molar-refractivity contribution in [2.45, 2.75) is 32.1 Å². The molecule has 0 spiro atoms. The van der Waals surface area contributed by atoms with E-state index in [2.05, 4.69) is 36.5 Å². The van der Waals surface area contributed by atoms with Crippen LogP contribution in [0, 0.1) is 5.92 Å². The summed E-state index contributed by atoms with van der Waals surface area (Å²) >= 11 is 0. The van der Waals surface area contributed by atoms with Gasteiger partial charge in [0.25, 0.3) is 0 Å². The van der Waals surface area contributed by atoms with Crippen LogP contribution in [-0.4, -0.2) is 20.2 Å². The summed E-state index contributed by atoms with van der Waals surface area (Å²) in [5, 5.41) is 3.49. The van der Waals surface area contributed by atoms with Crippen molar-refractivity contribution in [3.63, 3.8) is 0 Å². The molecule has 1 aliphatic heterocycles. The summed E-state index contributed by atoms with van der Waals surface area (Å²) in [4.78, 5) is 0. The first-order valence-electron chi connectivity index (χ1n) is 6.64. The van der Waals surface area contributed by atoms with Crippen LogP contribution >= 0.6 is 0 Å². The Balaban J connectivity index is 1.91. The van der Waals surface area contributed by atoms with Gasteiger partial charge in [-0.25, -0.2) is 0 Å². The number of benzene rings is 1. The molecule has 94 valence electrons. The first-order chi connectivity index (χ1) is 8.29. The maximum absolute atomic E-state index is 5.19. The van der Waals surface area contributed by atoms with Gasteiger partial charge in [0.05, 0.1) is 7.11 Å². The lowest BCUT2D eigenvalue weighted by molar-refractivity contribution is 0.340. The Hall–Kier alpha value is -1.02. The molecule has 1 heterocycles. The van der Waals surface area contributed by atoms with Crippen LogP contribution in [0.1, 0.15) is 37.7 Å². The Morgan fingerprint density at radius 2 is 2.12 bits per heavy atom. The zero-order valence-corrected chi connectivity index (χ0v) is 10.9. The van der Waals surface area contributed by atoms with E-state index in [1.807, 2.05) is 0 Å². The number of methoxy groups -OCH3 is 1. The molecule has 0 amide bonds. The predicted octanol–water partition coefficient (Wildman–Crippen LogP) is 3.19. The van der Waals surface area contributed by atoms with Gasteiger partial charge in [0.2, 0.25) is 0 Å². The molecule has 1 N–H and O–H groups in total. The van der Waals surface area contributed by atoms with Gasteiger partial charge in [0.1, 0.15) is 5.75 Å². The molecule has 1 fully saturated rings. The van der Waals surface area contributed by atoms with E-state index in [-0.39, 0.29) is 0 Å². The van der Waals surface area contributed by atoms with Crippen LogP contribution in [0.2, 0.25) is 0 Å². The standard InChI is InChI=1S/C15H23NO/c1-12(10-13-4-3-9-16-11-13)14-5-7-15(17-2)8-6-14/h5-8,12-13,16H,3-4,9-11H2,1-2H3. The summed E-state index contributed by atoms with van der Waals surface area (Å²) < 4.78 is 5.19. The highest BCUT2D eigenvalue weighted by molar-refractivity contribution is 5.29. The predicted molar refractivity (Wildman–Crippen MR) is 71.6 cm³/mol. The maximum Gasteiger partial charge on any atom is 0.118 e. The summed E-state index contributed by atoms with van der Waals surface area (Å²) in [6, 6.07) is 8.51. The van der Waals surface area contributed by atoms with E-state index in [0.29, 0.717) is 5.92 Å². The average molecular weight is 233 g/mol. The third-order valence-corrected chi connectivity index (χ3v) is 3.77. The van der Waals surface area contributed by atoms with Crippen LogP contribution in [0.25, 0.3) is 0 Å². The molecule has 2 rings (SSSR count). The fraction of sp³-hybridized carbons (Fsp3) is 0.600. The SMILES string of the molecule is COc1ccc(C(C)CC2CCCNC2)cc1. The number of rotatable bonds is 4. The summed E-state index contributed by atoms with van der Waals surface area (Å²) in [5.74, 6) is 2.44. The molecule has 2 atom stereocenters. The van der Waals surface area contributed by atoms with Gasteiger partial charge in [-0.2, -0.15) is 0 Å². The van der Waals surface area contributed by atoms with Gasteiger partial charge in [-0.15, -0.1) is 0 Å². The normalized spacial score (nSPS) is 22.1. The topological polar surface area (TPSA) is 21.3 Å². The first-order valence-corrected chi connectivity index (χ1v) is 6.64. The lowest BCUT2D eigenvalue weighted by atomic mass is 9.86. The molecule has 1 aliphatic rings. The quantitative estimate of drug-likeness (QED) is 0.862. The summed E-state index contributed by atoms with van der Waals surface area (Å²) in [6.07, 6.45) is 4.01. The maximum atomic E-state index is 5.19. The fourth-order valence-electron chi connectivity index (χ4n) is 2.69. The molecule has 1 saturated heterocycles. The Morgan fingerprint density at radius 3 is 2.71 bits per heavy atom. The monoisotopic (exact) mass is 233 g/mol. The average Bonchev–Trinajstić information content (AvgIpc) is 2.40. The summed E-state index contributed by atoms with van der Waals surface area (Å²) in [5.41, 5.74) is 1.43. The fourth-order valence-corrected chi connectivity index (χ4v) is 2.69. The molecule has 0 radical (unpaired) electrons. The van der Waals surface area contributed by atoms with Crippen LogP contribution in [0.15, 0.2) is 24.3 Å². The van der Waals surface area contributed by atoms with Crippen molar-refractivity contribution in [3.05, 3.63) is 29.8 Å². The van der Waals surface area contributed by atoms with E-state index in [9.17, 15) is 0 Å². The van der Waals surface area contributed by atoms with E-state index >= 15 is 0 Å². The van der Waals surface area contributed by atoms with E-state index in [0.717, 1.165) is 11.7 Å². The third kappa shape index (κ3) is 3.47. The van der Waals surface area contributed by atoms with Gasteiger partial charge >= 0.3 is 0 Å². The van der Waals surface area contributed by atoms with Gasteiger partial charge in [-0.3, -0.25) is 0 Å². The second-order valence-electron chi connectivity index (χ2n) is 5.12. The molecule has 1 aromatic rings. The summed E-state index contributed by atoms with van der Waals surface area (Å²) in [6.45, 7) is 4.73. The molecular formula is C15H23NO. The lowest BCUT2D eigenvalue weighted by Crippen LogP contribution is -2.30. The minimum absolute atomic E-state index is 0.644. The minimum atomic E-state index is 0.644. The molecule has 0 bridgehead atoms. The molecule has 2 nitrogen and oxygen atoms in total. The van der Waals surface area contributed by atoms with Crippen molar-refractivity contribution >= 4 is 0 Å². The number of hydrogen-bond donors (Lipinski definition) is 1. The van der Waals surface area contributed by atoms with Crippen molar-refractivity contribution in [1.82, 2.24) is 5.32 Å². The zero-order valence-electron chi connectivity index (χ0n) is 10.9. The zero-order chi connectivity index (χ0) is 12.1. The van der Waals surface area contributed by atoms with Crippen LogP contribution in [0.3, 0.4) is 0 Å². The van der Waals surface area contributed by atoms with Gasteiger partial charge < -0.3 is 10.1 Å². The highest BCUT2D eigenvalue weighted by Gasteiger charge is 2.17. The molecule has 0 aliphatic carbocycles. The third-order valence-electron chi connectivity index (χ3n) is 3.77. The van der Waals surface area contributed by atoms with Crippen LogP contribution in [-0.2, 0) is 0 Å². The van der Waals surface area contributed by atoms with E-state index in [1.165, 1.54) is 37.9 Å². The van der Waals surface area contributed by atoms with Gasteiger partial charge in [-0.1, -0.05) is 19.1 Å². The van der Waals surface area contributed by atoms with Crippen molar-refractivity contribution < 1.29 is 4.74 Å². The van der Waals surface area contributed by atoms with Gasteiger partial charge in [0.15, 0.2) is 0 Å². The molecule has 1 aromatic carbocycles. The van der Waals surface area contributed by atoms with Crippen molar-refractivity contribution in [1.29, 1.82) is 0 Å². The van der Waals surface area contributed by atoms with Crippen LogP contribution in [0.5, 0.6) is 5.75 Å².